The van der Waals surface area contributed by atoms with Crippen molar-refractivity contribution in [1.29, 1.82) is 0 Å². The largest absolute Gasteiger partial charge is 0.477 e. The molecule has 1 fully saturated rings. The maximum absolute atomic E-state index is 13.1. The molecule has 14 nitrogen and oxygen atoms in total. The van der Waals surface area contributed by atoms with E-state index in [0.717, 1.165) is 11.3 Å². The molecular formula is C21H26N8O6S3. The molecule has 3 aliphatic rings. The van der Waals surface area contributed by atoms with E-state index in [1.165, 1.54) is 28.4 Å². The summed E-state index contributed by atoms with van der Waals surface area (Å²) in [6, 6.07) is -0.944. The molecule has 3 aliphatic heterocycles. The maximum atomic E-state index is 13.1. The number of hydrogen-bond acceptors (Lipinski definition) is 14. The van der Waals surface area contributed by atoms with Crippen LogP contribution in [0.2, 0.25) is 0 Å². The number of nitrogens with zero attached hydrogens (tertiary/aromatic N) is 5. The Kier molecular flexibility index (Phi) is 8.49. The molecule has 0 aliphatic carbocycles. The highest BCUT2D eigenvalue weighted by molar-refractivity contribution is 8.14. The number of amides is 2. The lowest BCUT2D eigenvalue weighted by molar-refractivity contribution is -0.150. The average molecular weight is 583 g/mol. The molecule has 17 heteroatoms. The van der Waals surface area contributed by atoms with Crippen molar-refractivity contribution >= 4 is 68.7 Å². The van der Waals surface area contributed by atoms with Gasteiger partial charge in [-0.3, -0.25) is 14.5 Å². The Morgan fingerprint density at radius 3 is 2.79 bits per heavy atom. The number of nitrogen functional groups attached to an aromatic ring is 1. The first-order valence-electron chi connectivity index (χ1n) is 11.2. The quantitative estimate of drug-likeness (QED) is 0.173. The third-order valence-corrected chi connectivity index (χ3v) is 8.78. The number of thiazole rings is 1. The number of carbonyl (C=O) groups is 3. The van der Waals surface area contributed by atoms with Crippen molar-refractivity contribution < 1.29 is 29.1 Å². The van der Waals surface area contributed by atoms with E-state index in [9.17, 15) is 19.5 Å². The van der Waals surface area contributed by atoms with Crippen LogP contribution in [0.4, 0.5) is 5.13 Å². The Hall–Kier alpha value is -3.28. The number of likely N-dealkylation sites (N-methyl/N-ethyl adjacent to an activating group) is 1. The summed E-state index contributed by atoms with van der Waals surface area (Å²) in [6.07, 6.45) is 1.26. The summed E-state index contributed by atoms with van der Waals surface area (Å²) in [4.78, 5) is 54.7. The monoisotopic (exact) mass is 582 g/mol. The number of nitrogens with two attached hydrogens (primary N) is 2. The number of aromatic nitrogens is 1. The number of nitrogens with one attached hydrogen (secondary N) is 1. The number of methoxy groups -OCH3 is 1. The van der Waals surface area contributed by atoms with Crippen LogP contribution in [0.1, 0.15) is 12.6 Å². The lowest BCUT2D eigenvalue weighted by atomic mass is 10.0. The number of rotatable bonds is 9. The molecule has 1 aromatic heterocycles. The number of β-lactam (4-membered cyclic amide) rings is 1. The van der Waals surface area contributed by atoms with Crippen molar-refractivity contribution in [2.24, 2.45) is 15.9 Å². The van der Waals surface area contributed by atoms with E-state index >= 15 is 0 Å². The third-order valence-electron chi connectivity index (χ3n) is 5.64. The summed E-state index contributed by atoms with van der Waals surface area (Å²) in [5.74, 6) is -1.54. The molecule has 0 spiro atoms. The first-order chi connectivity index (χ1) is 18.2. The highest BCUT2D eigenvalue weighted by atomic mass is 32.2. The number of aliphatic imine (C=N–C) groups is 1. The van der Waals surface area contributed by atoms with Gasteiger partial charge in [-0.25, -0.2) is 14.8 Å². The Morgan fingerprint density at radius 2 is 2.16 bits per heavy atom. The highest BCUT2D eigenvalue weighted by Gasteiger charge is 2.54. The van der Waals surface area contributed by atoms with Crippen LogP contribution in [0.5, 0.6) is 0 Å². The van der Waals surface area contributed by atoms with Crippen molar-refractivity contribution in [3.05, 3.63) is 34.2 Å². The molecule has 0 radical (unpaired) electrons. The van der Waals surface area contributed by atoms with Crippen LogP contribution < -0.4 is 16.8 Å². The van der Waals surface area contributed by atoms with Gasteiger partial charge in [-0.15, -0.1) is 23.1 Å². The minimum absolute atomic E-state index is 0.0990. The lowest BCUT2D eigenvalue weighted by Crippen LogP contribution is -2.71. The molecule has 0 bridgehead atoms. The standard InChI is InChI=1S/C21H26N8O6S3/c1-4-35-27-13(10-8-37-20(23)24-10)16(30)26-14-17(31)29-15(19(32)33)9(6-36-18(14)29)7-38-21-25-11(22)5-12(34-3)28(21)2/h5,8,12,14,18H,4,6-7,22H2,1-3H3,(H2,23,24)(H,26,30)(H,32,33)/b27-13-/t12?,14?,18-/m0/s1. The van der Waals surface area contributed by atoms with Crippen LogP contribution in [0.25, 0.3) is 0 Å². The van der Waals surface area contributed by atoms with Crippen molar-refractivity contribution in [1.82, 2.24) is 20.1 Å². The number of fused-ring (bicyclic) bond motifs is 1. The second-order valence-corrected chi connectivity index (χ2v) is 11.0. The Labute approximate surface area is 230 Å². The van der Waals surface area contributed by atoms with Crippen LogP contribution in [-0.2, 0) is 24.0 Å². The van der Waals surface area contributed by atoms with E-state index in [4.69, 9.17) is 21.0 Å². The number of oxime groups is 1. The average Bonchev–Trinajstić information content (AvgIpc) is 3.32. The van der Waals surface area contributed by atoms with Gasteiger partial charge in [0.1, 0.15) is 35.2 Å². The number of aliphatic carboxylic acids is 1. The van der Waals surface area contributed by atoms with Crippen molar-refractivity contribution in [3.8, 4) is 0 Å². The predicted molar refractivity (Wildman–Crippen MR) is 145 cm³/mol. The van der Waals surface area contributed by atoms with E-state index in [0.29, 0.717) is 22.3 Å². The second kappa shape index (κ2) is 11.6. The van der Waals surface area contributed by atoms with Gasteiger partial charge in [0.25, 0.3) is 11.8 Å². The fraction of sp³-hybridized carbons (Fsp3) is 0.429. The normalized spacial score (nSPS) is 23.4. The van der Waals surface area contributed by atoms with Crippen LogP contribution >= 0.6 is 34.9 Å². The Balaban J connectivity index is 1.48. The second-order valence-electron chi connectivity index (χ2n) is 8.06. The number of ether oxygens (including phenoxy) is 1. The zero-order valence-electron chi connectivity index (χ0n) is 20.6. The maximum Gasteiger partial charge on any atom is 0.352 e. The van der Waals surface area contributed by atoms with Gasteiger partial charge < -0.3 is 36.4 Å². The summed E-state index contributed by atoms with van der Waals surface area (Å²) in [7, 11) is 3.33. The van der Waals surface area contributed by atoms with E-state index in [1.807, 2.05) is 0 Å². The minimum Gasteiger partial charge on any atom is -0.477 e. The molecule has 4 rings (SSSR count). The lowest BCUT2D eigenvalue weighted by Gasteiger charge is -2.49. The number of carboxylic acid groups (broad SMARTS) is 1. The van der Waals surface area contributed by atoms with Gasteiger partial charge in [0.2, 0.25) is 0 Å². The smallest absolute Gasteiger partial charge is 0.352 e. The first kappa shape index (κ1) is 27.7. The van der Waals surface area contributed by atoms with Crippen molar-refractivity contribution in [3.63, 3.8) is 0 Å². The Bertz CT molecular complexity index is 1260. The number of thioether (sulfide) groups is 2. The molecule has 2 amide bonds. The van der Waals surface area contributed by atoms with Crippen LogP contribution in [0, 0.1) is 0 Å². The fourth-order valence-electron chi connectivity index (χ4n) is 3.84. The first-order valence-corrected chi connectivity index (χ1v) is 14.1. The molecule has 0 aromatic carbocycles. The van der Waals surface area contributed by atoms with E-state index in [1.54, 1.807) is 37.4 Å². The predicted octanol–water partition coefficient (Wildman–Crippen LogP) is 0.0117. The molecule has 38 heavy (non-hydrogen) atoms. The molecule has 2 unspecified atom stereocenters. The van der Waals surface area contributed by atoms with Gasteiger partial charge in [0.15, 0.2) is 22.2 Å². The van der Waals surface area contributed by atoms with Crippen molar-refractivity contribution in [2.75, 3.05) is 38.0 Å². The number of amidine groups is 1. The van der Waals surface area contributed by atoms with Crippen LogP contribution in [0.3, 0.4) is 0 Å². The number of anilines is 1. The van der Waals surface area contributed by atoms with Crippen LogP contribution in [-0.4, -0.2) is 98.5 Å². The van der Waals surface area contributed by atoms with Gasteiger partial charge in [0, 0.05) is 37.1 Å². The summed E-state index contributed by atoms with van der Waals surface area (Å²) in [6.45, 7) is 1.92. The summed E-state index contributed by atoms with van der Waals surface area (Å²) in [5.41, 5.74) is 12.1. The SMILES string of the molecule is CCO/N=C(\C(=O)NC1C(=O)N2C(C(=O)O)=C(CSC3=NC(N)=CC(OC)N3C)CS[C@@H]12)c1csc(N)n1. The highest BCUT2D eigenvalue weighted by Crippen LogP contribution is 2.41. The number of carbonyl (C=O) groups excluding carboxylic acids is 2. The fourth-order valence-corrected chi connectivity index (χ4v) is 6.88. The van der Waals surface area contributed by atoms with Gasteiger partial charge in [-0.2, -0.15) is 0 Å². The van der Waals surface area contributed by atoms with Gasteiger partial charge in [-0.05, 0) is 12.5 Å². The summed E-state index contributed by atoms with van der Waals surface area (Å²) < 4.78 is 5.37. The van der Waals surface area contributed by atoms with Gasteiger partial charge in [0.05, 0.1) is 0 Å². The molecule has 0 saturated carbocycles. The third kappa shape index (κ3) is 5.45. The molecule has 1 saturated heterocycles. The van der Waals surface area contributed by atoms with E-state index < -0.39 is 35.4 Å². The van der Waals surface area contributed by atoms with Gasteiger partial charge >= 0.3 is 5.97 Å². The molecule has 6 N–H and O–H groups in total. The molecule has 204 valence electrons. The number of carboxylic acids is 1. The van der Waals surface area contributed by atoms with E-state index in [-0.39, 0.29) is 34.6 Å². The molecule has 1 aromatic rings. The molecule has 4 heterocycles. The van der Waals surface area contributed by atoms with Crippen molar-refractivity contribution in [2.45, 2.75) is 24.6 Å². The topological polar surface area (TPSA) is 198 Å². The number of hydrogen-bond donors (Lipinski definition) is 4. The minimum atomic E-state index is -1.23. The molecule has 3 atom stereocenters. The van der Waals surface area contributed by atoms with Gasteiger partial charge in [-0.1, -0.05) is 16.9 Å². The zero-order valence-corrected chi connectivity index (χ0v) is 23.1. The zero-order chi connectivity index (χ0) is 27.6. The van der Waals surface area contributed by atoms with E-state index in [2.05, 4.69) is 20.4 Å². The van der Waals surface area contributed by atoms with Crippen LogP contribution in [0.15, 0.2) is 38.7 Å². The Morgan fingerprint density at radius 1 is 1.39 bits per heavy atom. The summed E-state index contributed by atoms with van der Waals surface area (Å²) >= 11 is 3.78. The molecular weight excluding hydrogens is 556 g/mol. The summed E-state index contributed by atoms with van der Waals surface area (Å²) in [5, 5.41) is 18.2.